The second kappa shape index (κ2) is 6.39. The van der Waals surface area contributed by atoms with E-state index in [0.717, 1.165) is 13.1 Å². The van der Waals surface area contributed by atoms with Gasteiger partial charge in [-0.3, -0.25) is 4.90 Å². The van der Waals surface area contributed by atoms with Crippen LogP contribution in [0.1, 0.15) is 16.7 Å². The number of aryl methyl sites for hydroxylation is 1. The summed E-state index contributed by atoms with van der Waals surface area (Å²) in [7, 11) is 4.12. The van der Waals surface area contributed by atoms with Crippen LogP contribution in [-0.2, 0) is 13.1 Å². The van der Waals surface area contributed by atoms with Crippen LogP contribution in [0.4, 0.5) is 5.69 Å². The second-order valence-corrected chi connectivity index (χ2v) is 5.05. The number of nitrogens with zero attached hydrogens (tertiary/aromatic N) is 1. The summed E-state index contributed by atoms with van der Waals surface area (Å²) in [5.41, 5.74) is 5.26. The molecule has 19 heavy (non-hydrogen) atoms. The third kappa shape index (κ3) is 3.83. The van der Waals surface area contributed by atoms with Crippen molar-refractivity contribution >= 4 is 5.69 Å². The first-order chi connectivity index (χ1) is 9.19. The molecule has 0 aliphatic rings. The SMILES string of the molecule is CNc1cccc(CN(C)Cc2ccccc2C)c1. The molecule has 0 unspecified atom stereocenters. The number of benzene rings is 2. The minimum absolute atomic E-state index is 0.962. The lowest BCUT2D eigenvalue weighted by molar-refractivity contribution is 0.318. The van der Waals surface area contributed by atoms with Crippen LogP contribution in [0.2, 0.25) is 0 Å². The first-order valence-corrected chi connectivity index (χ1v) is 6.69. The fourth-order valence-electron chi connectivity index (χ4n) is 2.27. The van der Waals surface area contributed by atoms with Gasteiger partial charge in [0.1, 0.15) is 0 Å². The third-order valence-corrected chi connectivity index (χ3v) is 3.37. The van der Waals surface area contributed by atoms with Gasteiger partial charge in [-0.25, -0.2) is 0 Å². The highest BCUT2D eigenvalue weighted by Crippen LogP contribution is 2.14. The first-order valence-electron chi connectivity index (χ1n) is 6.69. The normalized spacial score (nSPS) is 10.7. The molecule has 1 N–H and O–H groups in total. The van der Waals surface area contributed by atoms with E-state index in [0.29, 0.717) is 0 Å². The van der Waals surface area contributed by atoms with Crippen LogP contribution in [0.15, 0.2) is 48.5 Å². The van der Waals surface area contributed by atoms with E-state index in [2.05, 4.69) is 72.7 Å². The van der Waals surface area contributed by atoms with Gasteiger partial charge in [0.15, 0.2) is 0 Å². The molecule has 2 nitrogen and oxygen atoms in total. The highest BCUT2D eigenvalue weighted by atomic mass is 15.1. The van der Waals surface area contributed by atoms with Crippen LogP contribution in [-0.4, -0.2) is 19.0 Å². The smallest absolute Gasteiger partial charge is 0.0340 e. The predicted octanol–water partition coefficient (Wildman–Crippen LogP) is 3.67. The van der Waals surface area contributed by atoms with Gasteiger partial charge in [-0.05, 0) is 42.8 Å². The van der Waals surface area contributed by atoms with Crippen LogP contribution >= 0.6 is 0 Å². The average Bonchev–Trinajstić information content (AvgIpc) is 2.41. The summed E-state index contributed by atoms with van der Waals surface area (Å²) in [5, 5.41) is 3.18. The van der Waals surface area contributed by atoms with Gasteiger partial charge in [-0.2, -0.15) is 0 Å². The summed E-state index contributed by atoms with van der Waals surface area (Å²) >= 11 is 0. The van der Waals surface area contributed by atoms with E-state index in [4.69, 9.17) is 0 Å². The summed E-state index contributed by atoms with van der Waals surface area (Å²) in [4.78, 5) is 2.34. The Morgan fingerprint density at radius 1 is 1.00 bits per heavy atom. The Bertz CT molecular complexity index is 534. The van der Waals surface area contributed by atoms with Crippen LogP contribution < -0.4 is 5.32 Å². The molecular formula is C17H22N2. The average molecular weight is 254 g/mol. The van der Waals surface area contributed by atoms with Gasteiger partial charge < -0.3 is 5.32 Å². The van der Waals surface area contributed by atoms with E-state index in [1.54, 1.807) is 0 Å². The second-order valence-electron chi connectivity index (χ2n) is 5.05. The molecule has 0 spiro atoms. The van der Waals surface area contributed by atoms with E-state index >= 15 is 0 Å². The van der Waals surface area contributed by atoms with E-state index in [9.17, 15) is 0 Å². The minimum atomic E-state index is 0.962. The monoisotopic (exact) mass is 254 g/mol. The standard InChI is InChI=1S/C17H22N2/c1-14-7-4-5-9-16(14)13-19(3)12-15-8-6-10-17(11-15)18-2/h4-11,18H,12-13H2,1-3H3. The topological polar surface area (TPSA) is 15.3 Å². The number of hydrogen-bond acceptors (Lipinski definition) is 2. The summed E-state index contributed by atoms with van der Waals surface area (Å²) in [6.45, 7) is 4.12. The summed E-state index contributed by atoms with van der Waals surface area (Å²) in [6.07, 6.45) is 0. The van der Waals surface area contributed by atoms with Crippen molar-refractivity contribution in [2.24, 2.45) is 0 Å². The third-order valence-electron chi connectivity index (χ3n) is 3.37. The van der Waals surface area contributed by atoms with Crippen molar-refractivity contribution < 1.29 is 0 Å². The number of nitrogens with one attached hydrogen (secondary N) is 1. The van der Waals surface area contributed by atoms with Crippen molar-refractivity contribution in [3.8, 4) is 0 Å². The molecule has 0 saturated carbocycles. The maximum atomic E-state index is 3.18. The Hall–Kier alpha value is -1.80. The molecule has 0 saturated heterocycles. The lowest BCUT2D eigenvalue weighted by Crippen LogP contribution is -2.17. The van der Waals surface area contributed by atoms with Crippen molar-refractivity contribution in [1.82, 2.24) is 4.90 Å². The molecule has 0 bridgehead atoms. The van der Waals surface area contributed by atoms with E-state index < -0.39 is 0 Å². The summed E-state index contributed by atoms with van der Waals surface area (Å²) < 4.78 is 0. The molecule has 0 amide bonds. The molecule has 0 atom stereocenters. The molecule has 0 aromatic heterocycles. The Morgan fingerprint density at radius 2 is 1.79 bits per heavy atom. The number of hydrogen-bond donors (Lipinski definition) is 1. The van der Waals surface area contributed by atoms with Crippen molar-refractivity contribution in [2.45, 2.75) is 20.0 Å². The van der Waals surface area contributed by atoms with E-state index in [-0.39, 0.29) is 0 Å². The van der Waals surface area contributed by atoms with Gasteiger partial charge in [-0.15, -0.1) is 0 Å². The molecule has 0 aliphatic carbocycles. The molecule has 2 aromatic rings. The Labute approximate surface area is 116 Å². The molecule has 2 rings (SSSR count). The van der Waals surface area contributed by atoms with Crippen molar-refractivity contribution in [3.63, 3.8) is 0 Å². The lowest BCUT2D eigenvalue weighted by atomic mass is 10.1. The Kier molecular flexibility index (Phi) is 4.58. The van der Waals surface area contributed by atoms with Gasteiger partial charge in [0, 0.05) is 25.8 Å². The fraction of sp³-hybridized carbons (Fsp3) is 0.294. The number of anilines is 1. The quantitative estimate of drug-likeness (QED) is 0.876. The van der Waals surface area contributed by atoms with Crippen LogP contribution in [0, 0.1) is 6.92 Å². The zero-order valence-corrected chi connectivity index (χ0v) is 12.0. The summed E-state index contributed by atoms with van der Waals surface area (Å²) in [6, 6.07) is 17.1. The highest BCUT2D eigenvalue weighted by molar-refractivity contribution is 5.45. The first kappa shape index (κ1) is 13.6. The van der Waals surface area contributed by atoms with E-state index in [1.807, 2.05) is 7.05 Å². The molecular weight excluding hydrogens is 232 g/mol. The number of rotatable bonds is 5. The van der Waals surface area contributed by atoms with Gasteiger partial charge >= 0.3 is 0 Å². The van der Waals surface area contributed by atoms with Crippen LogP contribution in [0.25, 0.3) is 0 Å². The zero-order valence-electron chi connectivity index (χ0n) is 12.0. The van der Waals surface area contributed by atoms with Crippen molar-refractivity contribution in [3.05, 3.63) is 65.2 Å². The minimum Gasteiger partial charge on any atom is -0.388 e. The lowest BCUT2D eigenvalue weighted by Gasteiger charge is -2.18. The zero-order chi connectivity index (χ0) is 13.7. The largest absolute Gasteiger partial charge is 0.388 e. The van der Waals surface area contributed by atoms with Crippen molar-refractivity contribution in [2.75, 3.05) is 19.4 Å². The Balaban J connectivity index is 2.01. The Morgan fingerprint density at radius 3 is 2.53 bits per heavy atom. The van der Waals surface area contributed by atoms with Gasteiger partial charge in [0.2, 0.25) is 0 Å². The molecule has 0 aliphatic heterocycles. The van der Waals surface area contributed by atoms with Gasteiger partial charge in [0.05, 0.1) is 0 Å². The van der Waals surface area contributed by atoms with Crippen LogP contribution in [0.3, 0.4) is 0 Å². The fourth-order valence-corrected chi connectivity index (χ4v) is 2.27. The summed E-state index contributed by atoms with van der Waals surface area (Å²) in [5.74, 6) is 0. The highest BCUT2D eigenvalue weighted by Gasteiger charge is 2.04. The van der Waals surface area contributed by atoms with Crippen molar-refractivity contribution in [1.29, 1.82) is 0 Å². The molecule has 0 radical (unpaired) electrons. The van der Waals surface area contributed by atoms with E-state index in [1.165, 1.54) is 22.4 Å². The van der Waals surface area contributed by atoms with Gasteiger partial charge in [-0.1, -0.05) is 36.4 Å². The predicted molar refractivity (Wildman–Crippen MR) is 82.3 cm³/mol. The molecule has 100 valence electrons. The van der Waals surface area contributed by atoms with Gasteiger partial charge in [0.25, 0.3) is 0 Å². The maximum Gasteiger partial charge on any atom is 0.0340 e. The molecule has 2 heteroatoms. The maximum absolute atomic E-state index is 3.18. The molecule has 0 fully saturated rings. The van der Waals surface area contributed by atoms with Crippen LogP contribution in [0.5, 0.6) is 0 Å². The molecule has 2 aromatic carbocycles. The molecule has 0 heterocycles.